The van der Waals surface area contributed by atoms with E-state index in [4.69, 9.17) is 0 Å². The first-order chi connectivity index (χ1) is 9.28. The van der Waals surface area contributed by atoms with Crippen LogP contribution in [0.1, 0.15) is 66.7 Å². The Bertz CT molecular complexity index is 359. The molecule has 2 heteroatoms. The van der Waals surface area contributed by atoms with E-state index < -0.39 is 0 Å². The fourth-order valence-electron chi connectivity index (χ4n) is 2.49. The molecule has 1 heterocycles. The average Bonchev–Trinajstić information content (AvgIpc) is 2.35. The number of hydrogen-bond acceptors (Lipinski definition) is 1. The van der Waals surface area contributed by atoms with Crippen LogP contribution in [0.15, 0.2) is 0 Å². The van der Waals surface area contributed by atoms with E-state index in [1.807, 2.05) is 4.90 Å². The zero-order chi connectivity index (χ0) is 15.2. The van der Waals surface area contributed by atoms with Crippen LogP contribution in [0.2, 0.25) is 0 Å². The Balaban J connectivity index is 2.28. The predicted molar refractivity (Wildman–Crippen MR) is 85.2 cm³/mol. The van der Waals surface area contributed by atoms with Crippen molar-refractivity contribution in [3.63, 3.8) is 0 Å². The van der Waals surface area contributed by atoms with E-state index >= 15 is 0 Å². The van der Waals surface area contributed by atoms with E-state index in [0.717, 1.165) is 38.8 Å². The third kappa shape index (κ3) is 6.98. The Labute approximate surface area is 125 Å². The number of likely N-dealkylation sites (tertiary alicyclic amines) is 1. The summed E-state index contributed by atoms with van der Waals surface area (Å²) in [4.78, 5) is 14.2. The van der Waals surface area contributed by atoms with Crippen molar-refractivity contribution in [1.82, 2.24) is 4.90 Å². The van der Waals surface area contributed by atoms with Crippen molar-refractivity contribution in [3.05, 3.63) is 0 Å². The molecule has 0 aromatic heterocycles. The van der Waals surface area contributed by atoms with Crippen molar-refractivity contribution in [3.8, 4) is 11.8 Å². The highest BCUT2D eigenvalue weighted by Crippen LogP contribution is 2.23. The fourth-order valence-corrected chi connectivity index (χ4v) is 2.49. The van der Waals surface area contributed by atoms with E-state index in [1.54, 1.807) is 0 Å². The molecule has 0 atom stereocenters. The summed E-state index contributed by atoms with van der Waals surface area (Å²) in [6, 6.07) is 0. The number of rotatable bonds is 3. The van der Waals surface area contributed by atoms with Gasteiger partial charge < -0.3 is 4.90 Å². The van der Waals surface area contributed by atoms with Crippen LogP contribution in [0.25, 0.3) is 0 Å². The quantitative estimate of drug-likeness (QED) is 0.711. The molecule has 1 fully saturated rings. The third-order valence-corrected chi connectivity index (χ3v) is 3.74. The zero-order valence-corrected chi connectivity index (χ0v) is 14.0. The van der Waals surface area contributed by atoms with E-state index in [1.165, 1.54) is 0 Å². The Morgan fingerprint density at radius 3 is 2.35 bits per heavy atom. The lowest BCUT2D eigenvalue weighted by molar-refractivity contribution is -0.132. The van der Waals surface area contributed by atoms with Crippen molar-refractivity contribution < 1.29 is 4.79 Å². The van der Waals surface area contributed by atoms with E-state index in [-0.39, 0.29) is 0 Å². The Morgan fingerprint density at radius 1 is 1.25 bits per heavy atom. The van der Waals surface area contributed by atoms with Crippen LogP contribution in [0.3, 0.4) is 0 Å². The monoisotopic (exact) mass is 277 g/mol. The van der Waals surface area contributed by atoms with Crippen LogP contribution in [-0.2, 0) is 4.79 Å². The lowest BCUT2D eigenvalue weighted by atomic mass is 9.89. The van der Waals surface area contributed by atoms with Crippen molar-refractivity contribution in [1.29, 1.82) is 0 Å². The summed E-state index contributed by atoms with van der Waals surface area (Å²) in [6.45, 7) is 12.7. The van der Waals surface area contributed by atoms with Gasteiger partial charge in [0.05, 0.1) is 0 Å². The summed E-state index contributed by atoms with van der Waals surface area (Å²) in [5.41, 5.74) is 0.333. The molecule has 1 aliphatic rings. The highest BCUT2D eigenvalue weighted by Gasteiger charge is 2.21. The van der Waals surface area contributed by atoms with E-state index in [9.17, 15) is 4.79 Å². The lowest BCUT2D eigenvalue weighted by Crippen LogP contribution is -2.38. The summed E-state index contributed by atoms with van der Waals surface area (Å²) >= 11 is 0. The first kappa shape index (κ1) is 17.1. The highest BCUT2D eigenvalue weighted by atomic mass is 16.2. The third-order valence-electron chi connectivity index (χ3n) is 3.74. The molecule has 0 aromatic carbocycles. The maximum absolute atomic E-state index is 12.1. The maximum atomic E-state index is 12.1. The molecular weight excluding hydrogens is 246 g/mol. The number of amides is 1. The molecular formula is C18H31NO. The van der Waals surface area contributed by atoms with Gasteiger partial charge in [-0.25, -0.2) is 0 Å². The molecule has 1 amide bonds. The van der Waals surface area contributed by atoms with Crippen molar-refractivity contribution in [2.45, 2.75) is 66.7 Å². The molecule has 1 saturated heterocycles. The number of piperidine rings is 1. The minimum atomic E-state index is 0.333. The second-order valence-corrected chi connectivity index (χ2v) is 7.51. The minimum absolute atomic E-state index is 0.333. The molecule has 2 nitrogen and oxygen atoms in total. The standard InChI is InChI=1S/C18H31NO/c1-15(2)8-9-16-10-13-19(14-11-16)17(20)7-6-12-18(3,4)5/h15-16H,6-7,10-14H2,1-5H3. The molecule has 1 rings (SSSR count). The van der Waals surface area contributed by atoms with Gasteiger partial charge in [-0.1, -0.05) is 40.5 Å². The molecule has 0 spiro atoms. The topological polar surface area (TPSA) is 20.3 Å². The summed E-state index contributed by atoms with van der Waals surface area (Å²) in [7, 11) is 0. The second kappa shape index (κ2) is 7.72. The minimum Gasteiger partial charge on any atom is -0.343 e. The van der Waals surface area contributed by atoms with Crippen LogP contribution in [0, 0.1) is 29.1 Å². The van der Waals surface area contributed by atoms with Gasteiger partial charge in [-0.05, 0) is 31.1 Å². The van der Waals surface area contributed by atoms with Crippen LogP contribution in [-0.4, -0.2) is 23.9 Å². The zero-order valence-electron chi connectivity index (χ0n) is 14.0. The molecule has 0 N–H and O–H groups in total. The Hall–Kier alpha value is -0.970. The lowest BCUT2D eigenvalue weighted by Gasteiger charge is -2.30. The predicted octanol–water partition coefficient (Wildman–Crippen LogP) is 4.10. The Morgan fingerprint density at radius 2 is 1.85 bits per heavy atom. The summed E-state index contributed by atoms with van der Waals surface area (Å²) in [5, 5.41) is 0. The summed E-state index contributed by atoms with van der Waals surface area (Å²) in [5.74, 6) is 7.90. The van der Waals surface area contributed by atoms with E-state index in [2.05, 4.69) is 46.5 Å². The normalized spacial score (nSPS) is 17.0. The second-order valence-electron chi connectivity index (χ2n) is 7.51. The molecule has 20 heavy (non-hydrogen) atoms. The SMILES string of the molecule is CC(C)C#CC1CCN(C(=O)CCCC(C)(C)C)CC1. The number of carbonyl (C=O) groups is 1. The van der Waals surface area contributed by atoms with Gasteiger partial charge in [-0.15, -0.1) is 5.92 Å². The van der Waals surface area contributed by atoms with Gasteiger partial charge in [0, 0.05) is 31.3 Å². The van der Waals surface area contributed by atoms with Gasteiger partial charge in [0.15, 0.2) is 0 Å². The summed E-state index contributed by atoms with van der Waals surface area (Å²) < 4.78 is 0. The van der Waals surface area contributed by atoms with Crippen molar-refractivity contribution >= 4 is 5.91 Å². The van der Waals surface area contributed by atoms with Crippen LogP contribution in [0.5, 0.6) is 0 Å². The molecule has 0 aromatic rings. The molecule has 0 radical (unpaired) electrons. The van der Waals surface area contributed by atoms with Crippen LogP contribution >= 0.6 is 0 Å². The van der Waals surface area contributed by atoms with Gasteiger partial charge in [-0.3, -0.25) is 4.79 Å². The fraction of sp³-hybridized carbons (Fsp3) is 0.833. The summed E-state index contributed by atoms with van der Waals surface area (Å²) in [6.07, 6.45) is 4.93. The first-order valence-electron chi connectivity index (χ1n) is 8.07. The molecule has 0 bridgehead atoms. The highest BCUT2D eigenvalue weighted by molar-refractivity contribution is 5.76. The van der Waals surface area contributed by atoms with Crippen LogP contribution < -0.4 is 0 Å². The van der Waals surface area contributed by atoms with Crippen molar-refractivity contribution in [2.75, 3.05) is 13.1 Å². The smallest absolute Gasteiger partial charge is 0.222 e. The van der Waals surface area contributed by atoms with Gasteiger partial charge in [0.1, 0.15) is 0 Å². The number of hydrogen-bond donors (Lipinski definition) is 0. The maximum Gasteiger partial charge on any atom is 0.222 e. The first-order valence-corrected chi connectivity index (χ1v) is 8.07. The molecule has 0 saturated carbocycles. The number of nitrogens with zero attached hydrogens (tertiary/aromatic N) is 1. The van der Waals surface area contributed by atoms with E-state index in [0.29, 0.717) is 29.6 Å². The molecule has 0 aliphatic carbocycles. The average molecular weight is 277 g/mol. The number of carbonyl (C=O) groups excluding carboxylic acids is 1. The molecule has 0 unspecified atom stereocenters. The Kier molecular flexibility index (Phi) is 6.59. The van der Waals surface area contributed by atoms with Gasteiger partial charge >= 0.3 is 0 Å². The van der Waals surface area contributed by atoms with Gasteiger partial charge in [0.25, 0.3) is 0 Å². The molecule has 114 valence electrons. The molecule has 1 aliphatic heterocycles. The van der Waals surface area contributed by atoms with Crippen LogP contribution in [0.4, 0.5) is 0 Å². The largest absolute Gasteiger partial charge is 0.343 e. The van der Waals surface area contributed by atoms with Gasteiger partial charge in [-0.2, -0.15) is 0 Å². The van der Waals surface area contributed by atoms with Crippen molar-refractivity contribution in [2.24, 2.45) is 17.3 Å². The van der Waals surface area contributed by atoms with Gasteiger partial charge in [0.2, 0.25) is 5.91 Å².